The Hall–Kier alpha value is -1.98. The molecular formula is C19H23F2NO3. The first-order valence-electron chi connectivity index (χ1n) is 8.82. The number of esters is 1. The standard InChI is InChI=1S/C19H23F2NO3/c1-10(14-9-12-6-7-13(14)8-12)22-18(23)11(2)25-19(24)17-15(20)4-3-5-16(17)21/h3-5,10-14H,6-9H2,1-2H3,(H,22,23)/t10-,11+,12+,13+,14+/m1/s1. The Kier molecular flexibility index (Phi) is 5.06. The van der Waals surface area contributed by atoms with E-state index in [1.165, 1.54) is 26.2 Å². The Balaban J connectivity index is 1.56. The number of carbonyl (C=O) groups excluding carboxylic acids is 2. The van der Waals surface area contributed by atoms with Crippen LogP contribution in [0.2, 0.25) is 0 Å². The summed E-state index contributed by atoms with van der Waals surface area (Å²) in [6.45, 7) is 3.37. The molecule has 25 heavy (non-hydrogen) atoms. The molecule has 0 radical (unpaired) electrons. The summed E-state index contributed by atoms with van der Waals surface area (Å²) in [7, 11) is 0. The van der Waals surface area contributed by atoms with Crippen LogP contribution in [0, 0.1) is 29.4 Å². The van der Waals surface area contributed by atoms with Crippen LogP contribution in [0.1, 0.15) is 49.9 Å². The summed E-state index contributed by atoms with van der Waals surface area (Å²) in [5.74, 6) is -1.75. The van der Waals surface area contributed by atoms with Crippen LogP contribution in [0.5, 0.6) is 0 Å². The van der Waals surface area contributed by atoms with Crippen molar-refractivity contribution in [3.05, 3.63) is 35.4 Å². The molecule has 5 atom stereocenters. The number of halogens is 2. The van der Waals surface area contributed by atoms with Crippen molar-refractivity contribution in [2.75, 3.05) is 0 Å². The smallest absolute Gasteiger partial charge is 0.344 e. The van der Waals surface area contributed by atoms with E-state index in [2.05, 4.69) is 5.32 Å². The van der Waals surface area contributed by atoms with Crippen LogP contribution >= 0.6 is 0 Å². The lowest BCUT2D eigenvalue weighted by atomic mass is 9.84. The minimum Gasteiger partial charge on any atom is -0.449 e. The number of hydrogen-bond donors (Lipinski definition) is 1. The molecule has 2 aliphatic carbocycles. The second kappa shape index (κ2) is 7.10. The molecule has 2 aliphatic rings. The quantitative estimate of drug-likeness (QED) is 0.827. The molecule has 2 saturated carbocycles. The van der Waals surface area contributed by atoms with E-state index in [9.17, 15) is 18.4 Å². The molecule has 0 aromatic heterocycles. The van der Waals surface area contributed by atoms with E-state index in [0.717, 1.165) is 30.5 Å². The molecule has 136 valence electrons. The van der Waals surface area contributed by atoms with E-state index in [1.807, 2.05) is 6.92 Å². The molecule has 2 bridgehead atoms. The number of rotatable bonds is 5. The van der Waals surface area contributed by atoms with Gasteiger partial charge >= 0.3 is 5.97 Å². The molecule has 0 heterocycles. The highest BCUT2D eigenvalue weighted by atomic mass is 19.1. The summed E-state index contributed by atoms with van der Waals surface area (Å²) in [6.07, 6.45) is 3.74. The van der Waals surface area contributed by atoms with Crippen molar-refractivity contribution in [1.29, 1.82) is 0 Å². The van der Waals surface area contributed by atoms with E-state index in [1.54, 1.807) is 0 Å². The van der Waals surface area contributed by atoms with Gasteiger partial charge in [0, 0.05) is 6.04 Å². The summed E-state index contributed by atoms with van der Waals surface area (Å²) in [4.78, 5) is 24.2. The third-order valence-electron chi connectivity index (χ3n) is 5.62. The van der Waals surface area contributed by atoms with Gasteiger partial charge in [0.1, 0.15) is 17.2 Å². The number of nitrogens with one attached hydrogen (secondary N) is 1. The number of hydrogen-bond acceptors (Lipinski definition) is 3. The molecule has 4 nitrogen and oxygen atoms in total. The highest BCUT2D eigenvalue weighted by Gasteiger charge is 2.42. The molecular weight excluding hydrogens is 328 g/mol. The Morgan fingerprint density at radius 3 is 2.40 bits per heavy atom. The number of ether oxygens (including phenoxy) is 1. The number of amides is 1. The van der Waals surface area contributed by atoms with Crippen molar-refractivity contribution in [2.24, 2.45) is 17.8 Å². The average molecular weight is 351 g/mol. The van der Waals surface area contributed by atoms with Crippen LogP contribution in [0.3, 0.4) is 0 Å². The van der Waals surface area contributed by atoms with Gasteiger partial charge in [0.25, 0.3) is 5.91 Å². The largest absolute Gasteiger partial charge is 0.449 e. The molecule has 1 aromatic rings. The predicted octanol–water partition coefficient (Wildman–Crippen LogP) is 3.45. The zero-order valence-corrected chi connectivity index (χ0v) is 14.4. The Morgan fingerprint density at radius 1 is 1.16 bits per heavy atom. The Bertz CT molecular complexity index is 658. The summed E-state index contributed by atoms with van der Waals surface area (Å²) in [5, 5.41) is 2.89. The van der Waals surface area contributed by atoms with Gasteiger partial charge in [-0.05, 0) is 63.0 Å². The maximum Gasteiger partial charge on any atom is 0.344 e. The molecule has 0 aliphatic heterocycles. The molecule has 0 spiro atoms. The van der Waals surface area contributed by atoms with Crippen LogP contribution in [-0.4, -0.2) is 24.0 Å². The minimum absolute atomic E-state index is 0.00542. The fraction of sp³-hybridized carbons (Fsp3) is 0.579. The van der Waals surface area contributed by atoms with Gasteiger partial charge in [0.05, 0.1) is 0 Å². The second-order valence-electron chi connectivity index (χ2n) is 7.28. The van der Waals surface area contributed by atoms with Crippen molar-refractivity contribution < 1.29 is 23.1 Å². The van der Waals surface area contributed by atoms with Gasteiger partial charge in [-0.25, -0.2) is 13.6 Å². The SMILES string of the molecule is C[C@H](OC(=O)c1c(F)cccc1F)C(=O)N[C@H](C)[C@@H]1C[C@H]2CC[C@H]1C2. The second-order valence-corrected chi connectivity index (χ2v) is 7.28. The minimum atomic E-state index is -1.18. The van der Waals surface area contributed by atoms with Crippen LogP contribution < -0.4 is 5.32 Å². The third-order valence-corrected chi connectivity index (χ3v) is 5.62. The van der Waals surface area contributed by atoms with Crippen LogP contribution in [0.25, 0.3) is 0 Å². The molecule has 0 unspecified atom stereocenters. The van der Waals surface area contributed by atoms with E-state index in [4.69, 9.17) is 4.74 Å². The topological polar surface area (TPSA) is 55.4 Å². The third kappa shape index (κ3) is 3.67. The summed E-state index contributed by atoms with van der Waals surface area (Å²) in [5.41, 5.74) is -0.775. The Labute approximate surface area is 145 Å². The maximum absolute atomic E-state index is 13.6. The van der Waals surface area contributed by atoms with E-state index < -0.39 is 35.2 Å². The molecule has 2 fully saturated rings. The molecule has 1 amide bonds. The van der Waals surface area contributed by atoms with Crippen LogP contribution in [0.4, 0.5) is 8.78 Å². The van der Waals surface area contributed by atoms with Crippen molar-refractivity contribution in [3.8, 4) is 0 Å². The average Bonchev–Trinajstić information content (AvgIpc) is 3.17. The maximum atomic E-state index is 13.6. The van der Waals surface area contributed by atoms with Crippen molar-refractivity contribution in [1.82, 2.24) is 5.32 Å². The fourth-order valence-electron chi connectivity index (χ4n) is 4.32. The zero-order valence-electron chi connectivity index (χ0n) is 14.4. The molecule has 3 rings (SSSR count). The molecule has 1 aromatic carbocycles. The number of carbonyl (C=O) groups is 2. The van der Waals surface area contributed by atoms with Crippen molar-refractivity contribution >= 4 is 11.9 Å². The zero-order chi connectivity index (χ0) is 18.1. The first kappa shape index (κ1) is 17.8. The van der Waals surface area contributed by atoms with Gasteiger partial charge in [-0.15, -0.1) is 0 Å². The summed E-state index contributed by atoms with van der Waals surface area (Å²) >= 11 is 0. The van der Waals surface area contributed by atoms with Gasteiger partial charge < -0.3 is 10.1 Å². The van der Waals surface area contributed by atoms with E-state index in [0.29, 0.717) is 11.8 Å². The van der Waals surface area contributed by atoms with Gasteiger partial charge in [0.2, 0.25) is 0 Å². The van der Waals surface area contributed by atoms with E-state index >= 15 is 0 Å². The number of benzene rings is 1. The molecule has 6 heteroatoms. The highest BCUT2D eigenvalue weighted by molar-refractivity contribution is 5.92. The lowest BCUT2D eigenvalue weighted by molar-refractivity contribution is -0.130. The first-order chi connectivity index (χ1) is 11.9. The van der Waals surface area contributed by atoms with Gasteiger partial charge in [-0.3, -0.25) is 4.79 Å². The van der Waals surface area contributed by atoms with Gasteiger partial charge in [-0.1, -0.05) is 12.5 Å². The summed E-state index contributed by atoms with van der Waals surface area (Å²) < 4.78 is 32.2. The first-order valence-corrected chi connectivity index (χ1v) is 8.82. The van der Waals surface area contributed by atoms with Gasteiger partial charge in [-0.2, -0.15) is 0 Å². The van der Waals surface area contributed by atoms with Crippen molar-refractivity contribution in [2.45, 2.75) is 51.7 Å². The molecule has 0 saturated heterocycles. The van der Waals surface area contributed by atoms with E-state index in [-0.39, 0.29) is 6.04 Å². The normalized spacial score (nSPS) is 27.0. The van der Waals surface area contributed by atoms with Gasteiger partial charge in [0.15, 0.2) is 6.10 Å². The summed E-state index contributed by atoms with van der Waals surface area (Å²) in [6, 6.07) is 3.10. The lowest BCUT2D eigenvalue weighted by Crippen LogP contribution is -2.45. The predicted molar refractivity (Wildman–Crippen MR) is 87.8 cm³/mol. The van der Waals surface area contributed by atoms with Crippen LogP contribution in [-0.2, 0) is 9.53 Å². The monoisotopic (exact) mass is 351 g/mol. The van der Waals surface area contributed by atoms with Crippen molar-refractivity contribution in [3.63, 3.8) is 0 Å². The molecule has 1 N–H and O–H groups in total. The highest BCUT2D eigenvalue weighted by Crippen LogP contribution is 2.49. The van der Waals surface area contributed by atoms with Crippen LogP contribution in [0.15, 0.2) is 18.2 Å². The Morgan fingerprint density at radius 2 is 1.84 bits per heavy atom. The lowest BCUT2D eigenvalue weighted by Gasteiger charge is -2.29. The fourth-order valence-corrected chi connectivity index (χ4v) is 4.32. The number of fused-ring (bicyclic) bond motifs is 2.